The van der Waals surface area contributed by atoms with E-state index in [2.05, 4.69) is 35.4 Å². The molecule has 0 aliphatic heterocycles. The fraction of sp³-hybridized carbons (Fsp3) is 0.364. The first-order chi connectivity index (χ1) is 7.25. The molecular formula is C11H15N3S. The zero-order valence-corrected chi connectivity index (χ0v) is 9.82. The van der Waals surface area contributed by atoms with Crippen LogP contribution in [-0.2, 0) is 13.1 Å². The van der Waals surface area contributed by atoms with E-state index in [0.29, 0.717) is 0 Å². The largest absolute Gasteiger partial charge is 0.306 e. The molecule has 2 aromatic rings. The molecule has 0 saturated heterocycles. The number of rotatable bonds is 4. The monoisotopic (exact) mass is 221 g/mol. The Balaban J connectivity index is 1.83. The average Bonchev–Trinajstić information content (AvgIpc) is 2.79. The number of nitrogens with one attached hydrogen (secondary N) is 2. The summed E-state index contributed by atoms with van der Waals surface area (Å²) < 4.78 is 0. The summed E-state index contributed by atoms with van der Waals surface area (Å²) in [6, 6.07) is 4.23. The number of hydrogen-bond donors (Lipinski definition) is 2. The lowest BCUT2D eigenvalue weighted by Crippen LogP contribution is -2.11. The Labute approximate surface area is 93.5 Å². The van der Waals surface area contributed by atoms with Crippen molar-refractivity contribution in [1.29, 1.82) is 0 Å². The third kappa shape index (κ3) is 2.67. The van der Waals surface area contributed by atoms with Gasteiger partial charge in [-0.25, -0.2) is 0 Å². The summed E-state index contributed by atoms with van der Waals surface area (Å²) in [6.07, 6.45) is 1.77. The topological polar surface area (TPSA) is 40.7 Å². The van der Waals surface area contributed by atoms with Crippen LogP contribution in [0.2, 0.25) is 0 Å². The van der Waals surface area contributed by atoms with E-state index in [-0.39, 0.29) is 0 Å². The van der Waals surface area contributed by atoms with Crippen molar-refractivity contribution >= 4 is 11.3 Å². The summed E-state index contributed by atoms with van der Waals surface area (Å²) in [5.41, 5.74) is 2.51. The van der Waals surface area contributed by atoms with Gasteiger partial charge in [0.1, 0.15) is 0 Å². The number of H-pyrrole nitrogens is 1. The van der Waals surface area contributed by atoms with Crippen molar-refractivity contribution in [3.63, 3.8) is 0 Å². The number of nitrogens with zero attached hydrogens (tertiary/aromatic N) is 1. The summed E-state index contributed by atoms with van der Waals surface area (Å²) >= 11 is 1.86. The third-order valence-corrected chi connectivity index (χ3v) is 3.54. The normalized spacial score (nSPS) is 10.8. The lowest BCUT2D eigenvalue weighted by atomic mass is 10.3. The third-order valence-electron chi connectivity index (χ3n) is 2.39. The SMILES string of the molecule is Cc1cc(CNCc2ccn[nH]2)sc1C. The van der Waals surface area contributed by atoms with Gasteiger partial charge in [0.05, 0.1) is 0 Å². The van der Waals surface area contributed by atoms with Gasteiger partial charge in [0.15, 0.2) is 0 Å². The first-order valence-corrected chi connectivity index (χ1v) is 5.82. The van der Waals surface area contributed by atoms with Crippen LogP contribution in [0.25, 0.3) is 0 Å². The van der Waals surface area contributed by atoms with E-state index in [9.17, 15) is 0 Å². The zero-order valence-electron chi connectivity index (χ0n) is 9.00. The Bertz CT molecular complexity index is 397. The summed E-state index contributed by atoms with van der Waals surface area (Å²) in [4.78, 5) is 2.80. The lowest BCUT2D eigenvalue weighted by molar-refractivity contribution is 0.684. The second kappa shape index (κ2) is 4.59. The van der Waals surface area contributed by atoms with E-state index in [1.807, 2.05) is 17.4 Å². The number of aromatic nitrogens is 2. The second-order valence-corrected chi connectivity index (χ2v) is 4.98. The van der Waals surface area contributed by atoms with E-state index in [1.165, 1.54) is 15.3 Å². The Morgan fingerprint density at radius 2 is 2.27 bits per heavy atom. The van der Waals surface area contributed by atoms with Gasteiger partial charge in [-0.2, -0.15) is 5.10 Å². The number of thiophene rings is 1. The molecule has 0 amide bonds. The van der Waals surface area contributed by atoms with Crippen LogP contribution in [0.5, 0.6) is 0 Å². The molecule has 0 unspecified atom stereocenters. The molecule has 0 aromatic carbocycles. The maximum absolute atomic E-state index is 3.90. The van der Waals surface area contributed by atoms with Crippen LogP contribution < -0.4 is 5.32 Å². The van der Waals surface area contributed by atoms with Crippen molar-refractivity contribution in [3.8, 4) is 0 Å². The van der Waals surface area contributed by atoms with Crippen LogP contribution in [0.15, 0.2) is 18.3 Å². The fourth-order valence-electron chi connectivity index (χ4n) is 1.44. The van der Waals surface area contributed by atoms with E-state index in [1.54, 1.807) is 6.20 Å². The van der Waals surface area contributed by atoms with Crippen molar-refractivity contribution < 1.29 is 0 Å². The molecule has 4 heteroatoms. The van der Waals surface area contributed by atoms with Crippen molar-refractivity contribution in [1.82, 2.24) is 15.5 Å². The maximum Gasteiger partial charge on any atom is 0.0490 e. The lowest BCUT2D eigenvalue weighted by Gasteiger charge is -1.99. The molecule has 0 atom stereocenters. The van der Waals surface area contributed by atoms with Crippen molar-refractivity contribution in [2.24, 2.45) is 0 Å². The van der Waals surface area contributed by atoms with E-state index < -0.39 is 0 Å². The van der Waals surface area contributed by atoms with Crippen LogP contribution in [-0.4, -0.2) is 10.2 Å². The number of aromatic amines is 1. The maximum atomic E-state index is 3.90. The van der Waals surface area contributed by atoms with Crippen LogP contribution >= 0.6 is 11.3 Å². The molecular weight excluding hydrogens is 206 g/mol. The Kier molecular flexibility index (Phi) is 3.18. The van der Waals surface area contributed by atoms with Gasteiger partial charge >= 0.3 is 0 Å². The molecule has 2 rings (SSSR count). The Morgan fingerprint density at radius 3 is 2.87 bits per heavy atom. The molecule has 3 nitrogen and oxygen atoms in total. The summed E-state index contributed by atoms with van der Waals surface area (Å²) in [5, 5.41) is 10.2. The molecule has 2 N–H and O–H groups in total. The summed E-state index contributed by atoms with van der Waals surface area (Å²) in [7, 11) is 0. The molecule has 2 heterocycles. The average molecular weight is 221 g/mol. The molecule has 0 bridgehead atoms. The second-order valence-electron chi connectivity index (χ2n) is 3.64. The Morgan fingerprint density at radius 1 is 1.40 bits per heavy atom. The van der Waals surface area contributed by atoms with Crippen molar-refractivity contribution in [2.45, 2.75) is 26.9 Å². The smallest absolute Gasteiger partial charge is 0.0490 e. The first kappa shape index (κ1) is 10.4. The highest BCUT2D eigenvalue weighted by molar-refractivity contribution is 7.12. The predicted octanol–water partition coefficient (Wildman–Crippen LogP) is 2.38. The van der Waals surface area contributed by atoms with Crippen molar-refractivity contribution in [2.75, 3.05) is 0 Å². The molecule has 15 heavy (non-hydrogen) atoms. The molecule has 0 fully saturated rings. The molecule has 80 valence electrons. The van der Waals surface area contributed by atoms with Gasteiger partial charge in [-0.15, -0.1) is 11.3 Å². The van der Waals surface area contributed by atoms with E-state index >= 15 is 0 Å². The molecule has 0 aliphatic carbocycles. The number of aryl methyl sites for hydroxylation is 2. The van der Waals surface area contributed by atoms with Gasteiger partial charge in [-0.1, -0.05) is 0 Å². The van der Waals surface area contributed by atoms with Gasteiger partial charge in [-0.05, 0) is 31.5 Å². The summed E-state index contributed by atoms with van der Waals surface area (Å²) in [5.74, 6) is 0. The predicted molar refractivity (Wildman–Crippen MR) is 62.9 cm³/mol. The molecule has 2 aromatic heterocycles. The van der Waals surface area contributed by atoms with Gasteiger partial charge in [0, 0.05) is 34.7 Å². The number of hydrogen-bond acceptors (Lipinski definition) is 3. The van der Waals surface area contributed by atoms with Gasteiger partial charge in [0.2, 0.25) is 0 Å². The van der Waals surface area contributed by atoms with Gasteiger partial charge in [0.25, 0.3) is 0 Å². The highest BCUT2D eigenvalue weighted by Crippen LogP contribution is 2.20. The summed E-state index contributed by atoms with van der Waals surface area (Å²) in [6.45, 7) is 6.09. The molecule has 0 radical (unpaired) electrons. The zero-order chi connectivity index (χ0) is 10.7. The standard InChI is InChI=1S/C11H15N3S/c1-8-5-11(15-9(8)2)7-12-6-10-3-4-13-14-10/h3-5,12H,6-7H2,1-2H3,(H,13,14). The molecule has 0 spiro atoms. The van der Waals surface area contributed by atoms with Crippen LogP contribution in [0, 0.1) is 13.8 Å². The van der Waals surface area contributed by atoms with Gasteiger partial charge < -0.3 is 5.32 Å². The quantitative estimate of drug-likeness (QED) is 0.832. The van der Waals surface area contributed by atoms with Crippen LogP contribution in [0.3, 0.4) is 0 Å². The van der Waals surface area contributed by atoms with Crippen LogP contribution in [0.1, 0.15) is 21.0 Å². The van der Waals surface area contributed by atoms with E-state index in [0.717, 1.165) is 18.8 Å². The minimum Gasteiger partial charge on any atom is -0.306 e. The van der Waals surface area contributed by atoms with Crippen molar-refractivity contribution in [3.05, 3.63) is 39.3 Å². The fourth-order valence-corrected chi connectivity index (χ4v) is 2.46. The minimum absolute atomic E-state index is 0.843. The molecule has 0 aliphatic rings. The van der Waals surface area contributed by atoms with Crippen LogP contribution in [0.4, 0.5) is 0 Å². The highest BCUT2D eigenvalue weighted by Gasteiger charge is 2.01. The van der Waals surface area contributed by atoms with Gasteiger partial charge in [-0.3, -0.25) is 5.10 Å². The Hall–Kier alpha value is -1.13. The van der Waals surface area contributed by atoms with E-state index in [4.69, 9.17) is 0 Å². The first-order valence-electron chi connectivity index (χ1n) is 5.00. The minimum atomic E-state index is 0.843. The highest BCUT2D eigenvalue weighted by atomic mass is 32.1. The molecule has 0 saturated carbocycles.